The molecule has 0 saturated heterocycles. The van der Waals surface area contributed by atoms with E-state index in [2.05, 4.69) is 16.4 Å². The van der Waals surface area contributed by atoms with E-state index in [9.17, 15) is 0 Å². The minimum atomic E-state index is 0. The number of rotatable bonds is 4. The lowest BCUT2D eigenvalue weighted by Gasteiger charge is -2.05. The Hall–Kier alpha value is -1.77. The Morgan fingerprint density at radius 2 is 1.86 bits per heavy atom. The topological polar surface area (TPSA) is 42.5 Å². The molecule has 0 N–H and O–H groups in total. The van der Waals surface area contributed by atoms with Crippen LogP contribution in [0.2, 0.25) is 10.0 Å². The highest BCUT2D eigenvalue weighted by molar-refractivity contribution is 8.93. The van der Waals surface area contributed by atoms with Gasteiger partial charge in [-0.25, -0.2) is 9.67 Å². The third-order valence-electron chi connectivity index (χ3n) is 3.93. The maximum absolute atomic E-state index is 6.32. The molecule has 0 aliphatic rings. The summed E-state index contributed by atoms with van der Waals surface area (Å²) in [6, 6.07) is 13.2. The number of halogens is 3. The molecule has 4 rings (SSSR count). The molecule has 0 aliphatic heterocycles. The number of thiazole rings is 1. The van der Waals surface area contributed by atoms with Gasteiger partial charge in [-0.3, -0.25) is 4.98 Å². The molecule has 1 aromatic carbocycles. The van der Waals surface area contributed by atoms with E-state index >= 15 is 0 Å². The Kier molecular flexibility index (Phi) is 7.43. The highest BCUT2D eigenvalue weighted by Crippen LogP contribution is 2.29. The molecule has 0 saturated carbocycles. The van der Waals surface area contributed by atoms with Crippen LogP contribution >= 0.6 is 62.9 Å². The fourth-order valence-electron chi connectivity index (χ4n) is 2.54. The van der Waals surface area contributed by atoms with Crippen molar-refractivity contribution in [3.8, 4) is 10.6 Å². The third-order valence-corrected chi connectivity index (χ3v) is 6.18. The molecule has 9 heteroatoms. The molecule has 0 unspecified atom stereocenters. The lowest BCUT2D eigenvalue weighted by molar-refractivity contribution is 0.850. The SMILES string of the molecule is Br.C/C(=N\n1c(-c2cccs2)csc1=Nc1ccc(Cl)cc1Cl)c1ccncc1. The van der Waals surface area contributed by atoms with E-state index in [1.807, 2.05) is 35.2 Å². The molecule has 0 atom stereocenters. The first-order valence-electron chi connectivity index (χ1n) is 8.32. The first kappa shape index (κ1) is 21.9. The van der Waals surface area contributed by atoms with E-state index in [4.69, 9.17) is 33.3 Å². The molecule has 3 aromatic heterocycles. The van der Waals surface area contributed by atoms with E-state index in [-0.39, 0.29) is 17.0 Å². The predicted molar refractivity (Wildman–Crippen MR) is 129 cm³/mol. The van der Waals surface area contributed by atoms with Crippen LogP contribution in [0, 0.1) is 0 Å². The number of hydrogen-bond donors (Lipinski definition) is 0. The van der Waals surface area contributed by atoms with Gasteiger partial charge in [0.05, 0.1) is 27.0 Å². The van der Waals surface area contributed by atoms with Crippen LogP contribution in [0.4, 0.5) is 5.69 Å². The number of thiophene rings is 1. The molecule has 0 radical (unpaired) electrons. The van der Waals surface area contributed by atoms with Gasteiger partial charge in [-0.2, -0.15) is 5.10 Å². The zero-order valence-electron chi connectivity index (χ0n) is 15.1. The lowest BCUT2D eigenvalue weighted by atomic mass is 10.2. The van der Waals surface area contributed by atoms with E-state index in [0.717, 1.165) is 26.6 Å². The number of aromatic nitrogens is 2. The molecule has 0 fully saturated rings. The summed E-state index contributed by atoms with van der Waals surface area (Å²) in [5.41, 5.74) is 3.50. The van der Waals surface area contributed by atoms with Gasteiger partial charge in [-0.05, 0) is 48.7 Å². The van der Waals surface area contributed by atoms with Crippen molar-refractivity contribution < 1.29 is 0 Å². The van der Waals surface area contributed by atoms with Gasteiger partial charge >= 0.3 is 0 Å². The second-order valence-corrected chi connectivity index (χ2v) is 8.45. The predicted octanol–water partition coefficient (Wildman–Crippen LogP) is 7.06. The summed E-state index contributed by atoms with van der Waals surface area (Å²) in [7, 11) is 0. The highest BCUT2D eigenvalue weighted by Gasteiger charge is 2.10. The van der Waals surface area contributed by atoms with Crippen LogP contribution in [0.25, 0.3) is 10.6 Å². The molecule has 3 heterocycles. The average molecular weight is 526 g/mol. The van der Waals surface area contributed by atoms with Crippen LogP contribution < -0.4 is 4.80 Å². The smallest absolute Gasteiger partial charge is 0.211 e. The van der Waals surface area contributed by atoms with Crippen molar-refractivity contribution in [3.63, 3.8) is 0 Å². The normalized spacial score (nSPS) is 12.1. The molecule has 29 heavy (non-hydrogen) atoms. The van der Waals surface area contributed by atoms with Crippen molar-refractivity contribution in [1.29, 1.82) is 0 Å². The second kappa shape index (κ2) is 9.82. The minimum Gasteiger partial charge on any atom is -0.265 e. The van der Waals surface area contributed by atoms with Gasteiger partial charge in [0.2, 0.25) is 4.80 Å². The second-order valence-electron chi connectivity index (χ2n) is 5.82. The molecule has 0 amide bonds. The first-order valence-corrected chi connectivity index (χ1v) is 10.8. The van der Waals surface area contributed by atoms with Crippen molar-refractivity contribution in [1.82, 2.24) is 9.66 Å². The molecular formula is C20H15BrCl2N4S2. The Morgan fingerprint density at radius 1 is 1.07 bits per heavy atom. The van der Waals surface area contributed by atoms with Crippen LogP contribution in [0.3, 0.4) is 0 Å². The summed E-state index contributed by atoms with van der Waals surface area (Å²) in [5.74, 6) is 0. The number of benzene rings is 1. The zero-order chi connectivity index (χ0) is 19.5. The minimum absolute atomic E-state index is 0. The summed E-state index contributed by atoms with van der Waals surface area (Å²) in [6.07, 6.45) is 3.51. The number of hydrogen-bond acceptors (Lipinski definition) is 5. The summed E-state index contributed by atoms with van der Waals surface area (Å²) >= 11 is 15.5. The van der Waals surface area contributed by atoms with Crippen molar-refractivity contribution in [2.75, 3.05) is 0 Å². The lowest BCUT2D eigenvalue weighted by Crippen LogP contribution is -2.13. The highest BCUT2D eigenvalue weighted by atomic mass is 79.9. The van der Waals surface area contributed by atoms with Crippen molar-refractivity contribution >= 4 is 74.3 Å². The monoisotopic (exact) mass is 524 g/mol. The summed E-state index contributed by atoms with van der Waals surface area (Å²) in [4.78, 5) is 10.6. The van der Waals surface area contributed by atoms with Gasteiger partial charge < -0.3 is 0 Å². The van der Waals surface area contributed by atoms with E-state index in [1.54, 1.807) is 41.9 Å². The van der Waals surface area contributed by atoms with Crippen molar-refractivity contribution in [2.45, 2.75) is 6.92 Å². The molecule has 4 nitrogen and oxygen atoms in total. The average Bonchev–Trinajstić information content (AvgIpc) is 3.35. The molecule has 0 aliphatic carbocycles. The van der Waals surface area contributed by atoms with E-state index < -0.39 is 0 Å². The van der Waals surface area contributed by atoms with Gasteiger partial charge in [0.1, 0.15) is 0 Å². The molecular weight excluding hydrogens is 511 g/mol. The summed E-state index contributed by atoms with van der Waals surface area (Å²) in [6.45, 7) is 1.97. The summed E-state index contributed by atoms with van der Waals surface area (Å²) < 4.78 is 1.86. The molecule has 0 spiro atoms. The van der Waals surface area contributed by atoms with Gasteiger partial charge in [-0.1, -0.05) is 29.3 Å². The third kappa shape index (κ3) is 5.05. The quantitative estimate of drug-likeness (QED) is 0.263. The fourth-order valence-corrected chi connectivity index (χ4v) is 4.63. The first-order chi connectivity index (χ1) is 13.6. The van der Waals surface area contributed by atoms with E-state index in [0.29, 0.717) is 15.7 Å². The van der Waals surface area contributed by atoms with Crippen LogP contribution in [0.15, 0.2) is 75.7 Å². The van der Waals surface area contributed by atoms with Crippen LogP contribution in [0.5, 0.6) is 0 Å². The van der Waals surface area contributed by atoms with Gasteiger partial charge in [-0.15, -0.1) is 39.7 Å². The van der Waals surface area contributed by atoms with Crippen molar-refractivity contribution in [3.05, 3.63) is 86.0 Å². The Bertz CT molecular complexity index is 1200. The summed E-state index contributed by atoms with van der Waals surface area (Å²) in [5, 5.41) is 10.0. The van der Waals surface area contributed by atoms with Gasteiger partial charge in [0.15, 0.2) is 0 Å². The van der Waals surface area contributed by atoms with Crippen LogP contribution in [-0.4, -0.2) is 15.4 Å². The van der Waals surface area contributed by atoms with E-state index in [1.165, 1.54) is 11.3 Å². The van der Waals surface area contributed by atoms with Crippen LogP contribution in [-0.2, 0) is 0 Å². The standard InChI is InChI=1S/C20H14Cl2N4S2.BrH/c1-13(14-6-8-23-9-7-14)25-26-18(19-3-2-10-27-19)12-28-20(26)24-17-5-4-15(21)11-16(17)22;/h2-12H,1H3;1H/b24-20?,25-13+;. The van der Waals surface area contributed by atoms with Gasteiger partial charge in [0, 0.05) is 28.4 Å². The number of pyridine rings is 1. The maximum atomic E-state index is 6.32. The Morgan fingerprint density at radius 3 is 2.55 bits per heavy atom. The van der Waals surface area contributed by atoms with Crippen molar-refractivity contribution in [2.24, 2.45) is 10.1 Å². The van der Waals surface area contributed by atoms with Gasteiger partial charge in [0.25, 0.3) is 0 Å². The Labute approximate surface area is 196 Å². The zero-order valence-corrected chi connectivity index (χ0v) is 20.0. The molecule has 148 valence electrons. The maximum Gasteiger partial charge on any atom is 0.211 e. The largest absolute Gasteiger partial charge is 0.265 e. The molecule has 0 bridgehead atoms. The van der Waals surface area contributed by atoms with Crippen LogP contribution in [0.1, 0.15) is 12.5 Å². The molecule has 4 aromatic rings. The Balaban J connectivity index is 0.00000240. The number of nitrogens with zero attached hydrogens (tertiary/aromatic N) is 4. The fraction of sp³-hybridized carbons (Fsp3) is 0.0500.